The zero-order valence-electron chi connectivity index (χ0n) is 23.5. The molecule has 0 amide bonds. The predicted octanol–water partition coefficient (Wildman–Crippen LogP) is 7.06. The molecule has 2 fully saturated rings. The van der Waals surface area contributed by atoms with Crippen molar-refractivity contribution in [2.24, 2.45) is 0 Å². The summed E-state index contributed by atoms with van der Waals surface area (Å²) in [5, 5.41) is 0. The Hall–Kier alpha value is -4.00. The topological polar surface area (TPSA) is 43.4 Å². The molecule has 4 aliphatic rings. The highest BCUT2D eigenvalue weighted by Crippen LogP contribution is 2.55. The van der Waals surface area contributed by atoms with Gasteiger partial charge in [0.15, 0.2) is 0 Å². The van der Waals surface area contributed by atoms with E-state index in [1.807, 2.05) is 36.4 Å². The fraction of sp³-hybridized carbons (Fsp3) is 0.314. The third-order valence-corrected chi connectivity index (χ3v) is 9.36. The minimum atomic E-state index is -1.03. The highest BCUT2D eigenvalue weighted by molar-refractivity contribution is 5.79. The molecule has 3 heterocycles. The highest BCUT2D eigenvalue weighted by Gasteiger charge is 2.65. The summed E-state index contributed by atoms with van der Waals surface area (Å²) in [6, 6.07) is 28.9. The van der Waals surface area contributed by atoms with E-state index in [2.05, 4.69) is 58.3 Å². The fourth-order valence-electron chi connectivity index (χ4n) is 7.54. The number of ether oxygens (including phenoxy) is 4. The van der Waals surface area contributed by atoms with Gasteiger partial charge in [-0.05, 0) is 25.0 Å². The predicted molar refractivity (Wildman–Crippen MR) is 158 cm³/mol. The zero-order chi connectivity index (χ0) is 27.6. The minimum absolute atomic E-state index is 0.371. The maximum atomic E-state index is 7.27. The second-order valence-corrected chi connectivity index (χ2v) is 11.4. The summed E-state index contributed by atoms with van der Waals surface area (Å²) in [6.07, 6.45) is 4.75. The third-order valence-electron chi connectivity index (χ3n) is 9.36. The molecular formula is C35H34N2O4. The van der Waals surface area contributed by atoms with E-state index in [1.165, 1.54) is 24.0 Å². The summed E-state index contributed by atoms with van der Waals surface area (Å²) in [6.45, 7) is 1.53. The Morgan fingerprint density at radius 2 is 1.02 bits per heavy atom. The number of nitrogens with zero attached hydrogens (tertiary/aromatic N) is 2. The van der Waals surface area contributed by atoms with Gasteiger partial charge in [0, 0.05) is 58.6 Å². The third kappa shape index (κ3) is 3.63. The number of benzene rings is 4. The standard InChI is InChI=1S/C35H34N2O4/c1-38-31-19-7-3-13-25(31)27-15-9-11-23-21-36-29-17-5-6-18-30(29)37-22-24-12-10-16-28(26-14-4-8-20-32(26)39-2)34(24)41-35(36,37)40-33(23)27/h3-4,7-16,19-20,29-30H,5-6,17-18,21-22H2,1-2H3/t29-,30-,35?/m1/s1. The van der Waals surface area contributed by atoms with Gasteiger partial charge in [0.05, 0.1) is 14.2 Å². The van der Waals surface area contributed by atoms with E-state index in [4.69, 9.17) is 18.9 Å². The smallest absolute Gasteiger partial charge is 0.388 e. The number of methoxy groups -OCH3 is 2. The van der Waals surface area contributed by atoms with Crippen molar-refractivity contribution in [2.75, 3.05) is 14.2 Å². The van der Waals surface area contributed by atoms with E-state index in [9.17, 15) is 0 Å². The molecule has 2 atom stereocenters. The van der Waals surface area contributed by atoms with Gasteiger partial charge in [0.25, 0.3) is 0 Å². The lowest BCUT2D eigenvalue weighted by Crippen LogP contribution is -2.66. The molecule has 3 aliphatic heterocycles. The van der Waals surface area contributed by atoms with E-state index in [0.29, 0.717) is 12.1 Å². The van der Waals surface area contributed by atoms with Crippen LogP contribution in [0.4, 0.5) is 0 Å². The Labute approximate surface area is 241 Å². The summed E-state index contributed by atoms with van der Waals surface area (Å²) in [7, 11) is 3.44. The van der Waals surface area contributed by atoms with Crippen molar-refractivity contribution in [1.29, 1.82) is 0 Å². The minimum Gasteiger partial charge on any atom is -0.496 e. The Balaban J connectivity index is 1.31. The molecule has 0 N–H and O–H groups in total. The van der Waals surface area contributed by atoms with Crippen molar-refractivity contribution in [1.82, 2.24) is 9.80 Å². The number of fused-ring (bicyclic) bond motifs is 5. The highest BCUT2D eigenvalue weighted by atomic mass is 16.8. The first-order valence-corrected chi connectivity index (χ1v) is 14.6. The molecule has 0 aromatic heterocycles. The Kier molecular flexibility index (Phi) is 5.76. The molecule has 1 aliphatic carbocycles. The van der Waals surface area contributed by atoms with Gasteiger partial charge in [-0.3, -0.25) is 0 Å². The van der Waals surface area contributed by atoms with E-state index in [1.54, 1.807) is 14.2 Å². The molecule has 0 bridgehead atoms. The van der Waals surface area contributed by atoms with Crippen molar-refractivity contribution in [3.63, 3.8) is 0 Å². The van der Waals surface area contributed by atoms with Crippen molar-refractivity contribution >= 4 is 0 Å². The monoisotopic (exact) mass is 546 g/mol. The van der Waals surface area contributed by atoms with Crippen LogP contribution in [-0.4, -0.2) is 42.1 Å². The molecular weight excluding hydrogens is 512 g/mol. The normalized spacial score (nSPS) is 22.2. The molecule has 1 saturated heterocycles. The van der Waals surface area contributed by atoms with Crippen LogP contribution in [0.2, 0.25) is 0 Å². The molecule has 8 rings (SSSR count). The molecule has 41 heavy (non-hydrogen) atoms. The molecule has 0 unspecified atom stereocenters. The first-order chi connectivity index (χ1) is 20.2. The van der Waals surface area contributed by atoms with E-state index in [0.717, 1.165) is 71.2 Å². The van der Waals surface area contributed by atoms with Crippen molar-refractivity contribution in [2.45, 2.75) is 56.9 Å². The number of rotatable bonds is 4. The maximum Gasteiger partial charge on any atom is 0.388 e. The van der Waals surface area contributed by atoms with Crippen LogP contribution in [-0.2, 0) is 13.1 Å². The van der Waals surface area contributed by atoms with Crippen LogP contribution in [0.3, 0.4) is 0 Å². The van der Waals surface area contributed by atoms with Gasteiger partial charge in [-0.25, -0.2) is 9.80 Å². The average Bonchev–Trinajstić information content (AvgIpc) is 3.30. The lowest BCUT2D eigenvalue weighted by Gasteiger charge is -2.49. The van der Waals surface area contributed by atoms with E-state index < -0.39 is 6.03 Å². The molecule has 6 heteroatoms. The van der Waals surface area contributed by atoms with Crippen LogP contribution in [0.25, 0.3) is 22.3 Å². The van der Waals surface area contributed by atoms with Gasteiger partial charge in [0.1, 0.15) is 23.0 Å². The summed E-state index contributed by atoms with van der Waals surface area (Å²) >= 11 is 0. The Morgan fingerprint density at radius 1 is 0.585 bits per heavy atom. The molecule has 6 nitrogen and oxygen atoms in total. The van der Waals surface area contributed by atoms with Crippen LogP contribution >= 0.6 is 0 Å². The van der Waals surface area contributed by atoms with Gasteiger partial charge in [-0.2, -0.15) is 0 Å². The second kappa shape index (κ2) is 9.54. The Bertz CT molecular complexity index is 1510. The van der Waals surface area contributed by atoms with Gasteiger partial charge in [-0.15, -0.1) is 0 Å². The second-order valence-electron chi connectivity index (χ2n) is 11.4. The first kappa shape index (κ1) is 24.8. The van der Waals surface area contributed by atoms with E-state index >= 15 is 0 Å². The lowest BCUT2D eigenvalue weighted by atomic mass is 9.89. The van der Waals surface area contributed by atoms with Gasteiger partial charge >= 0.3 is 6.03 Å². The number of para-hydroxylation sites is 4. The van der Waals surface area contributed by atoms with Crippen LogP contribution in [0.15, 0.2) is 84.9 Å². The molecule has 4 aromatic carbocycles. The average molecular weight is 547 g/mol. The lowest BCUT2D eigenvalue weighted by molar-refractivity contribution is -0.307. The SMILES string of the molecule is COc1ccccc1-c1cccc2c1OC13Oc4c(cccc4-c4ccccc4OC)CN1[C@@H]1CCCC[C@H]1N3C2. The summed E-state index contributed by atoms with van der Waals surface area (Å²) < 4.78 is 26.1. The van der Waals surface area contributed by atoms with Crippen molar-refractivity contribution in [3.05, 3.63) is 96.1 Å². The number of hydrogen-bond donors (Lipinski definition) is 0. The molecule has 1 saturated carbocycles. The van der Waals surface area contributed by atoms with Crippen LogP contribution in [0.5, 0.6) is 23.0 Å². The molecule has 208 valence electrons. The van der Waals surface area contributed by atoms with Crippen LogP contribution in [0, 0.1) is 0 Å². The van der Waals surface area contributed by atoms with Crippen molar-refractivity contribution < 1.29 is 18.9 Å². The summed E-state index contributed by atoms with van der Waals surface area (Å²) in [4.78, 5) is 4.99. The van der Waals surface area contributed by atoms with Crippen LogP contribution < -0.4 is 18.9 Å². The number of hydrogen-bond acceptors (Lipinski definition) is 6. The molecule has 1 spiro atoms. The zero-order valence-corrected chi connectivity index (χ0v) is 23.5. The van der Waals surface area contributed by atoms with Gasteiger partial charge < -0.3 is 18.9 Å². The maximum absolute atomic E-state index is 7.27. The van der Waals surface area contributed by atoms with E-state index in [-0.39, 0.29) is 0 Å². The quantitative estimate of drug-likeness (QED) is 0.273. The fourth-order valence-corrected chi connectivity index (χ4v) is 7.54. The summed E-state index contributed by atoms with van der Waals surface area (Å²) in [5.41, 5.74) is 6.44. The van der Waals surface area contributed by atoms with Crippen LogP contribution in [0.1, 0.15) is 36.8 Å². The van der Waals surface area contributed by atoms with Crippen molar-refractivity contribution in [3.8, 4) is 45.3 Å². The van der Waals surface area contributed by atoms with Gasteiger partial charge in [-0.1, -0.05) is 85.6 Å². The van der Waals surface area contributed by atoms with Gasteiger partial charge in [0.2, 0.25) is 0 Å². The molecule has 0 radical (unpaired) electrons. The molecule has 4 aromatic rings. The first-order valence-electron chi connectivity index (χ1n) is 14.6. The Morgan fingerprint density at radius 3 is 1.49 bits per heavy atom. The summed E-state index contributed by atoms with van der Waals surface area (Å²) in [5.74, 6) is 3.40. The largest absolute Gasteiger partial charge is 0.496 e.